The number of allylic oxidation sites excluding steroid dienone is 4. The molecule has 1 fully saturated rings. The minimum atomic E-state index is -0.906. The van der Waals surface area contributed by atoms with Gasteiger partial charge in [-0.2, -0.15) is 0 Å². The maximum absolute atomic E-state index is 14.2. The molecule has 2 aromatic heterocycles. The van der Waals surface area contributed by atoms with Gasteiger partial charge in [-0.15, -0.1) is 0 Å². The Morgan fingerprint density at radius 2 is 1.62 bits per heavy atom. The number of rotatable bonds is 2. The van der Waals surface area contributed by atoms with E-state index in [1.54, 1.807) is 0 Å². The monoisotopic (exact) mass is 490 g/mol. The minimum Gasteiger partial charge on any atom is -0.372 e. The molecular weight excluding hydrogens is 460 g/mol. The number of fused-ring (bicyclic) bond motifs is 6. The first kappa shape index (κ1) is 23.3. The van der Waals surface area contributed by atoms with Crippen LogP contribution in [0.15, 0.2) is 82.4 Å². The van der Waals surface area contributed by atoms with E-state index in [0.29, 0.717) is 5.82 Å². The van der Waals surface area contributed by atoms with E-state index in [9.17, 15) is 4.79 Å². The smallest absolute Gasteiger partial charge is 0.173 e. The summed E-state index contributed by atoms with van der Waals surface area (Å²) in [5.74, 6) is 0.795. The molecule has 1 saturated heterocycles. The Bertz CT molecular complexity index is 1630. The number of hydrogen-bond acceptors (Lipinski definition) is 6. The van der Waals surface area contributed by atoms with Gasteiger partial charge in [0.15, 0.2) is 5.78 Å². The van der Waals surface area contributed by atoms with Crippen molar-refractivity contribution in [1.82, 2.24) is 20.3 Å². The van der Waals surface area contributed by atoms with Crippen LogP contribution in [0.4, 0.5) is 0 Å². The molecular formula is C30H30N6O. The Balaban J connectivity index is 1.65. The van der Waals surface area contributed by atoms with Crippen LogP contribution < -0.4 is 16.0 Å². The van der Waals surface area contributed by atoms with Crippen LogP contribution in [-0.4, -0.2) is 37.7 Å². The summed E-state index contributed by atoms with van der Waals surface area (Å²) < 4.78 is 0. The highest BCUT2D eigenvalue weighted by atomic mass is 16.1. The molecule has 7 heteroatoms. The van der Waals surface area contributed by atoms with Crippen LogP contribution in [0.3, 0.4) is 0 Å². The average molecular weight is 491 g/mol. The zero-order chi connectivity index (χ0) is 26.0. The van der Waals surface area contributed by atoms with E-state index in [0.717, 1.165) is 39.1 Å². The molecule has 0 radical (unpaired) electrons. The number of aliphatic imine (C=N–C) groups is 2. The van der Waals surface area contributed by atoms with Gasteiger partial charge in [0.25, 0.3) is 0 Å². The second-order valence-electron chi connectivity index (χ2n) is 11.0. The largest absolute Gasteiger partial charge is 0.372 e. The van der Waals surface area contributed by atoms with Crippen molar-refractivity contribution in [2.75, 3.05) is 0 Å². The zero-order valence-corrected chi connectivity index (χ0v) is 21.7. The topological polar surface area (TPSA) is 95.4 Å². The second kappa shape index (κ2) is 7.93. The third-order valence-electron chi connectivity index (χ3n) is 7.70. The van der Waals surface area contributed by atoms with Gasteiger partial charge in [0.2, 0.25) is 0 Å². The number of hydrogen-bond donors (Lipinski definition) is 2. The van der Waals surface area contributed by atoms with Gasteiger partial charge in [0.05, 0.1) is 22.5 Å². The van der Waals surface area contributed by atoms with Crippen molar-refractivity contribution in [3.8, 4) is 0 Å². The van der Waals surface area contributed by atoms with Gasteiger partial charge >= 0.3 is 0 Å². The van der Waals surface area contributed by atoms with E-state index in [-0.39, 0.29) is 11.7 Å². The molecule has 0 aliphatic carbocycles. The first-order chi connectivity index (χ1) is 17.6. The van der Waals surface area contributed by atoms with Gasteiger partial charge in [-0.3, -0.25) is 9.79 Å². The first-order valence-electron chi connectivity index (χ1n) is 12.6. The fourth-order valence-electron chi connectivity index (χ4n) is 5.40. The lowest BCUT2D eigenvalue weighted by Crippen LogP contribution is -2.49. The number of aryl methyl sites for hydroxylation is 1. The Morgan fingerprint density at radius 1 is 0.919 bits per heavy atom. The normalized spacial score (nSPS) is 27.2. The number of ketones is 1. The molecule has 2 atom stereocenters. The number of aromatic amines is 1. The number of carbonyl (C=O) groups is 1. The lowest BCUT2D eigenvalue weighted by Gasteiger charge is -2.30. The number of nitrogens with zero attached hydrogens (tertiary/aromatic N) is 4. The van der Waals surface area contributed by atoms with Crippen molar-refractivity contribution >= 4 is 29.4 Å². The van der Waals surface area contributed by atoms with Gasteiger partial charge in [-0.25, -0.2) is 15.0 Å². The van der Waals surface area contributed by atoms with Gasteiger partial charge in [-0.05, 0) is 87.4 Å². The van der Waals surface area contributed by atoms with Crippen molar-refractivity contribution in [2.24, 2.45) is 21.3 Å². The molecule has 4 aliphatic rings. The van der Waals surface area contributed by atoms with Crippen molar-refractivity contribution < 1.29 is 4.79 Å². The van der Waals surface area contributed by atoms with Crippen LogP contribution in [0, 0.1) is 18.3 Å². The molecule has 2 unspecified atom stereocenters. The maximum Gasteiger partial charge on any atom is 0.173 e. The highest BCUT2D eigenvalue weighted by Gasteiger charge is 2.56. The fourth-order valence-corrected chi connectivity index (χ4v) is 5.40. The predicted octanol–water partition coefficient (Wildman–Crippen LogP) is 2.97. The average Bonchev–Trinajstić information content (AvgIpc) is 3.61. The van der Waals surface area contributed by atoms with E-state index in [1.165, 1.54) is 0 Å². The number of H-pyrrole nitrogens is 1. The molecule has 0 amide bonds. The summed E-state index contributed by atoms with van der Waals surface area (Å²) >= 11 is 0. The molecule has 2 aromatic rings. The van der Waals surface area contributed by atoms with Crippen LogP contribution in [-0.2, 0) is 10.3 Å². The van der Waals surface area contributed by atoms with Crippen molar-refractivity contribution in [2.45, 2.75) is 45.7 Å². The lowest BCUT2D eigenvalue weighted by atomic mass is 9.74. The summed E-state index contributed by atoms with van der Waals surface area (Å²) in [7, 11) is 0. The molecule has 6 rings (SSSR count). The molecule has 37 heavy (non-hydrogen) atoms. The quantitative estimate of drug-likeness (QED) is 0.677. The molecule has 4 aliphatic heterocycles. The highest BCUT2D eigenvalue weighted by Crippen LogP contribution is 2.46. The summed E-state index contributed by atoms with van der Waals surface area (Å²) in [6.07, 6.45) is 19.7. The molecule has 0 spiro atoms. The standard InChI is InChI=1S/C30H30N6O/c1-18(2)30-14-25-9-8-22(34-25)12-21-6-7-23(33-21)13-24-10-11-29(35-24,20-16-31-19(3)32-17-20)15-26(36-30)28(4,5)27(30)37/h6-18,33,36H,1-5H3. The lowest BCUT2D eigenvalue weighted by molar-refractivity contribution is -0.128. The summed E-state index contributed by atoms with van der Waals surface area (Å²) in [5.41, 5.74) is 1.56. The van der Waals surface area contributed by atoms with Crippen LogP contribution >= 0.6 is 0 Å². The van der Waals surface area contributed by atoms with E-state index >= 15 is 0 Å². The molecule has 7 nitrogen and oxygen atoms in total. The number of carbonyl (C=O) groups excluding carboxylic acids is 1. The van der Waals surface area contributed by atoms with Gasteiger partial charge in [-0.1, -0.05) is 13.8 Å². The third-order valence-corrected chi connectivity index (χ3v) is 7.70. The molecule has 6 heterocycles. The predicted molar refractivity (Wildman–Crippen MR) is 146 cm³/mol. The van der Waals surface area contributed by atoms with Crippen LogP contribution in [0.5, 0.6) is 0 Å². The highest BCUT2D eigenvalue weighted by molar-refractivity contribution is 6.20. The number of Topliss-reactive ketones (excluding diaryl/α,β-unsaturated/α-hetero) is 1. The van der Waals surface area contributed by atoms with E-state index in [1.807, 2.05) is 81.8 Å². The molecule has 186 valence electrons. The van der Waals surface area contributed by atoms with E-state index in [4.69, 9.17) is 9.98 Å². The van der Waals surface area contributed by atoms with Crippen LogP contribution in [0.1, 0.15) is 39.1 Å². The molecule has 0 saturated carbocycles. The van der Waals surface area contributed by atoms with Crippen LogP contribution in [0.25, 0.3) is 12.2 Å². The molecule has 0 aromatic carbocycles. The van der Waals surface area contributed by atoms with Crippen molar-refractivity contribution in [3.05, 3.63) is 94.5 Å². The van der Waals surface area contributed by atoms with Gasteiger partial charge in [0.1, 0.15) is 16.9 Å². The van der Waals surface area contributed by atoms with E-state index in [2.05, 4.69) is 46.3 Å². The van der Waals surface area contributed by atoms with Crippen molar-refractivity contribution in [1.29, 1.82) is 0 Å². The Hall–Kier alpha value is -4.13. The summed E-state index contributed by atoms with van der Waals surface area (Å²) in [6.45, 7) is 9.96. The number of aromatic nitrogens is 3. The Labute approximate surface area is 216 Å². The Morgan fingerprint density at radius 3 is 2.32 bits per heavy atom. The number of nitrogens with one attached hydrogen (secondary N) is 2. The molecule has 2 N–H and O–H groups in total. The van der Waals surface area contributed by atoms with Crippen molar-refractivity contribution in [3.63, 3.8) is 0 Å². The SMILES string of the molecule is Cc1ncc(C23C=CC(=N2)C=c2ccc([nH]2)=CC2=NC(=CC4(C(C)C)NC(=C3)C(C)(C)C4=O)C=C2)cn1. The summed E-state index contributed by atoms with van der Waals surface area (Å²) in [4.78, 5) is 36.5. The van der Waals surface area contributed by atoms with Gasteiger partial charge < -0.3 is 10.3 Å². The fraction of sp³-hybridized carbons (Fsp3) is 0.300. The third kappa shape index (κ3) is 3.68. The maximum atomic E-state index is 14.2. The van der Waals surface area contributed by atoms with Crippen LogP contribution in [0.2, 0.25) is 0 Å². The van der Waals surface area contributed by atoms with Gasteiger partial charge in [0, 0.05) is 34.4 Å². The first-order valence-corrected chi connectivity index (χ1v) is 12.6. The zero-order valence-electron chi connectivity index (χ0n) is 21.7. The Kier molecular flexibility index (Phi) is 4.99. The minimum absolute atomic E-state index is 0.00988. The second-order valence-corrected chi connectivity index (χ2v) is 11.0. The summed E-state index contributed by atoms with van der Waals surface area (Å²) in [6, 6.07) is 4.05. The molecule has 8 bridgehead atoms. The summed E-state index contributed by atoms with van der Waals surface area (Å²) in [5, 5.41) is 5.55. The van der Waals surface area contributed by atoms with E-state index < -0.39 is 16.5 Å².